The summed E-state index contributed by atoms with van der Waals surface area (Å²) in [4.78, 5) is 16.4. The third kappa shape index (κ3) is 5.74. The average Bonchev–Trinajstić information content (AvgIpc) is 2.71. The Bertz CT molecular complexity index is 775. The number of methoxy groups -OCH3 is 2. The van der Waals surface area contributed by atoms with Gasteiger partial charge in [-0.1, -0.05) is 36.4 Å². The first-order valence-corrected chi connectivity index (χ1v) is 8.94. The minimum Gasteiger partial charge on any atom is -0.496 e. The van der Waals surface area contributed by atoms with Gasteiger partial charge < -0.3 is 20.1 Å². The second-order valence-electron chi connectivity index (χ2n) is 6.00. The van der Waals surface area contributed by atoms with E-state index in [4.69, 9.17) is 9.47 Å². The molecule has 0 saturated carbocycles. The van der Waals surface area contributed by atoms with Gasteiger partial charge in [-0.05, 0) is 37.1 Å². The number of hydrogen-bond acceptors (Lipinski definition) is 4. The Morgan fingerprint density at radius 1 is 1.15 bits per heavy atom. The molecule has 0 saturated heterocycles. The highest BCUT2D eigenvalue weighted by Gasteiger charge is 2.13. The number of ether oxygens (including phenoxy) is 2. The summed E-state index contributed by atoms with van der Waals surface area (Å²) >= 11 is 0. The van der Waals surface area contributed by atoms with E-state index >= 15 is 0 Å². The number of hydrogen-bond donors (Lipinski definition) is 2. The van der Waals surface area contributed by atoms with Crippen molar-refractivity contribution in [1.82, 2.24) is 10.6 Å². The fourth-order valence-electron chi connectivity index (χ4n) is 2.63. The van der Waals surface area contributed by atoms with Crippen molar-refractivity contribution in [2.24, 2.45) is 4.99 Å². The maximum atomic E-state index is 11.8. The quantitative estimate of drug-likeness (QED) is 0.445. The van der Waals surface area contributed by atoms with Crippen LogP contribution in [0.2, 0.25) is 0 Å². The van der Waals surface area contributed by atoms with E-state index in [9.17, 15) is 4.79 Å². The molecule has 0 spiro atoms. The van der Waals surface area contributed by atoms with Crippen molar-refractivity contribution < 1.29 is 14.3 Å². The Morgan fingerprint density at radius 3 is 2.52 bits per heavy atom. The lowest BCUT2D eigenvalue weighted by Gasteiger charge is -2.18. The Balaban J connectivity index is 2.13. The zero-order valence-corrected chi connectivity index (χ0v) is 16.3. The summed E-state index contributed by atoms with van der Waals surface area (Å²) in [5.74, 6) is 0.781. The molecule has 0 bridgehead atoms. The molecule has 2 aromatic rings. The van der Waals surface area contributed by atoms with E-state index in [2.05, 4.69) is 34.7 Å². The summed E-state index contributed by atoms with van der Waals surface area (Å²) in [6.45, 7) is 5.33. The van der Waals surface area contributed by atoms with Crippen molar-refractivity contribution in [2.75, 3.05) is 20.8 Å². The van der Waals surface area contributed by atoms with Crippen LogP contribution in [0.25, 0.3) is 0 Å². The van der Waals surface area contributed by atoms with Gasteiger partial charge in [-0.3, -0.25) is 0 Å². The molecule has 2 N–H and O–H groups in total. The first-order valence-electron chi connectivity index (χ1n) is 8.94. The van der Waals surface area contributed by atoms with Gasteiger partial charge in [0.25, 0.3) is 0 Å². The minimum absolute atomic E-state index is 0.125. The second kappa shape index (κ2) is 10.2. The number of carbonyl (C=O) groups is 1. The van der Waals surface area contributed by atoms with E-state index in [1.165, 1.54) is 19.8 Å². The highest BCUT2D eigenvalue weighted by molar-refractivity contribution is 5.92. The zero-order valence-electron chi connectivity index (χ0n) is 16.3. The van der Waals surface area contributed by atoms with Crippen LogP contribution in [-0.4, -0.2) is 32.7 Å². The normalized spacial score (nSPS) is 12.2. The number of aliphatic imine (C=N–C) groups is 1. The Labute approximate surface area is 160 Å². The minimum atomic E-state index is -0.423. The van der Waals surface area contributed by atoms with E-state index in [1.807, 2.05) is 31.2 Å². The lowest BCUT2D eigenvalue weighted by Crippen LogP contribution is -2.38. The van der Waals surface area contributed by atoms with Gasteiger partial charge in [0.2, 0.25) is 0 Å². The van der Waals surface area contributed by atoms with Gasteiger partial charge in [0.05, 0.1) is 26.8 Å². The van der Waals surface area contributed by atoms with Crippen molar-refractivity contribution in [3.05, 3.63) is 65.2 Å². The molecule has 2 aromatic carbocycles. The van der Waals surface area contributed by atoms with Gasteiger partial charge in [-0.15, -0.1) is 0 Å². The number of esters is 1. The van der Waals surface area contributed by atoms with Crippen molar-refractivity contribution >= 4 is 11.9 Å². The highest BCUT2D eigenvalue weighted by Crippen LogP contribution is 2.21. The van der Waals surface area contributed by atoms with Gasteiger partial charge in [0.1, 0.15) is 11.3 Å². The molecule has 0 radical (unpaired) electrons. The Morgan fingerprint density at radius 2 is 1.89 bits per heavy atom. The van der Waals surface area contributed by atoms with Crippen LogP contribution in [0.3, 0.4) is 0 Å². The molecule has 0 aliphatic carbocycles. The van der Waals surface area contributed by atoms with Gasteiger partial charge in [-0.2, -0.15) is 0 Å². The molecule has 27 heavy (non-hydrogen) atoms. The van der Waals surface area contributed by atoms with Gasteiger partial charge in [0.15, 0.2) is 5.96 Å². The van der Waals surface area contributed by atoms with E-state index in [1.54, 1.807) is 12.1 Å². The largest absolute Gasteiger partial charge is 0.496 e. The number of benzene rings is 2. The predicted molar refractivity (Wildman–Crippen MR) is 107 cm³/mol. The molecule has 6 heteroatoms. The summed E-state index contributed by atoms with van der Waals surface area (Å²) < 4.78 is 10.1. The van der Waals surface area contributed by atoms with Gasteiger partial charge in [0, 0.05) is 6.54 Å². The number of nitrogens with zero attached hydrogens (tertiary/aromatic N) is 1. The number of guanidine groups is 1. The molecule has 6 nitrogen and oxygen atoms in total. The number of nitrogens with one attached hydrogen (secondary N) is 2. The molecule has 0 aliphatic heterocycles. The molecule has 2 rings (SSSR count). The van der Waals surface area contributed by atoms with Crippen molar-refractivity contribution in [2.45, 2.75) is 26.4 Å². The molecule has 0 aliphatic rings. The van der Waals surface area contributed by atoms with E-state index in [0.717, 1.165) is 18.1 Å². The molecule has 1 unspecified atom stereocenters. The predicted octanol–water partition coefficient (Wildman–Crippen LogP) is 3.30. The summed E-state index contributed by atoms with van der Waals surface area (Å²) in [5, 5.41) is 6.66. The van der Waals surface area contributed by atoms with Crippen LogP contribution in [0.1, 0.15) is 41.4 Å². The topological polar surface area (TPSA) is 72.0 Å². The number of rotatable bonds is 7. The molecule has 0 aromatic heterocycles. The fourth-order valence-corrected chi connectivity index (χ4v) is 2.63. The summed E-state index contributed by atoms with van der Waals surface area (Å²) in [6, 6.07) is 15.7. The van der Waals surface area contributed by atoms with Crippen LogP contribution in [0.5, 0.6) is 5.75 Å². The zero-order chi connectivity index (χ0) is 19.6. The van der Waals surface area contributed by atoms with Crippen molar-refractivity contribution in [3.8, 4) is 5.75 Å². The van der Waals surface area contributed by atoms with Crippen LogP contribution in [-0.2, 0) is 11.3 Å². The third-order valence-corrected chi connectivity index (χ3v) is 4.09. The smallest absolute Gasteiger partial charge is 0.341 e. The Hall–Kier alpha value is -3.02. The van der Waals surface area contributed by atoms with Crippen LogP contribution in [0.15, 0.2) is 53.5 Å². The standard InChI is InChI=1S/C21H27N3O3/c1-5-22-21(24-15(2)17-9-7-6-8-10-17)23-14-16-11-12-18(20(25)27-4)19(13-16)26-3/h6-13,15H,5,14H2,1-4H3,(H2,22,23,24). The first-order chi connectivity index (χ1) is 13.1. The van der Waals surface area contributed by atoms with Crippen molar-refractivity contribution in [1.29, 1.82) is 0 Å². The molecule has 144 valence electrons. The SMILES string of the molecule is CCNC(=NCc1ccc(C(=O)OC)c(OC)c1)NC(C)c1ccccc1. The van der Waals surface area contributed by atoms with Gasteiger partial charge >= 0.3 is 5.97 Å². The van der Waals surface area contributed by atoms with E-state index in [0.29, 0.717) is 17.9 Å². The lowest BCUT2D eigenvalue weighted by atomic mass is 10.1. The average molecular weight is 369 g/mol. The highest BCUT2D eigenvalue weighted by atomic mass is 16.5. The van der Waals surface area contributed by atoms with Crippen LogP contribution < -0.4 is 15.4 Å². The number of carbonyl (C=O) groups excluding carboxylic acids is 1. The molecule has 1 atom stereocenters. The maximum absolute atomic E-state index is 11.8. The fraction of sp³-hybridized carbons (Fsp3) is 0.333. The molecular formula is C21H27N3O3. The monoisotopic (exact) mass is 369 g/mol. The van der Waals surface area contributed by atoms with Crippen LogP contribution in [0, 0.1) is 0 Å². The van der Waals surface area contributed by atoms with E-state index in [-0.39, 0.29) is 6.04 Å². The molecule has 0 heterocycles. The summed E-state index contributed by atoms with van der Waals surface area (Å²) in [6.07, 6.45) is 0. The molecule has 0 amide bonds. The maximum Gasteiger partial charge on any atom is 0.341 e. The Kier molecular flexibility index (Phi) is 7.67. The molecule has 0 fully saturated rings. The van der Waals surface area contributed by atoms with Crippen LogP contribution in [0.4, 0.5) is 0 Å². The summed E-state index contributed by atoms with van der Waals surface area (Å²) in [5.41, 5.74) is 2.52. The third-order valence-electron chi connectivity index (χ3n) is 4.09. The second-order valence-corrected chi connectivity index (χ2v) is 6.00. The summed E-state index contributed by atoms with van der Waals surface area (Å²) in [7, 11) is 2.88. The van der Waals surface area contributed by atoms with Gasteiger partial charge in [-0.25, -0.2) is 9.79 Å². The van der Waals surface area contributed by atoms with E-state index < -0.39 is 5.97 Å². The lowest BCUT2D eigenvalue weighted by molar-refractivity contribution is 0.0597. The molecular weight excluding hydrogens is 342 g/mol. The van der Waals surface area contributed by atoms with Crippen LogP contribution >= 0.6 is 0 Å². The van der Waals surface area contributed by atoms with Crippen molar-refractivity contribution in [3.63, 3.8) is 0 Å². The first kappa shape index (κ1) is 20.3.